The predicted octanol–water partition coefficient (Wildman–Crippen LogP) is 3.97. The van der Waals surface area contributed by atoms with Crippen LogP contribution >= 0.6 is 11.8 Å². The van der Waals surface area contributed by atoms with Gasteiger partial charge in [-0.25, -0.2) is 4.98 Å². The Morgan fingerprint density at radius 3 is 2.85 bits per heavy atom. The largest absolute Gasteiger partial charge is 0.309 e. The molecule has 0 fully saturated rings. The van der Waals surface area contributed by atoms with Crippen LogP contribution in [0.25, 0.3) is 10.9 Å². The highest BCUT2D eigenvalue weighted by Gasteiger charge is 2.22. The maximum absolute atomic E-state index is 12.8. The van der Waals surface area contributed by atoms with Gasteiger partial charge in [-0.15, -0.1) is 0 Å². The third kappa shape index (κ3) is 3.81. The van der Waals surface area contributed by atoms with Gasteiger partial charge in [-0.3, -0.25) is 9.48 Å². The van der Waals surface area contributed by atoms with Gasteiger partial charge >= 0.3 is 0 Å². The van der Waals surface area contributed by atoms with Gasteiger partial charge in [-0.2, -0.15) is 10.4 Å². The lowest BCUT2D eigenvalue weighted by Gasteiger charge is -2.16. The minimum atomic E-state index is -0.320. The van der Waals surface area contributed by atoms with Crippen molar-refractivity contribution in [2.75, 3.05) is 5.32 Å². The molecule has 1 N–H and O–H groups in total. The summed E-state index contributed by atoms with van der Waals surface area (Å²) in [5, 5.41) is 17.7. The van der Waals surface area contributed by atoms with E-state index in [1.165, 1.54) is 22.6 Å². The minimum absolute atomic E-state index is 0.160. The van der Waals surface area contributed by atoms with Gasteiger partial charge in [0.25, 0.3) is 0 Å². The van der Waals surface area contributed by atoms with Gasteiger partial charge in [0, 0.05) is 12.4 Å². The van der Waals surface area contributed by atoms with Gasteiger partial charge in [0.15, 0.2) is 0 Å². The molecule has 1 unspecified atom stereocenters. The Balaban J connectivity index is 1.86. The fourth-order valence-corrected chi connectivity index (χ4v) is 3.94. The quantitative estimate of drug-likeness (QED) is 0.678. The number of aromatic nitrogens is 3. The highest BCUT2D eigenvalue weighted by Crippen LogP contribution is 2.30. The summed E-state index contributed by atoms with van der Waals surface area (Å²) in [6, 6.07) is 10.2. The van der Waals surface area contributed by atoms with Gasteiger partial charge in [0.05, 0.1) is 22.0 Å². The third-order valence-corrected chi connectivity index (χ3v) is 5.73. The molecule has 3 aromatic rings. The highest BCUT2D eigenvalue weighted by atomic mass is 32.2. The second kappa shape index (κ2) is 7.80. The first kappa shape index (κ1) is 18.9. The number of nitriles is 1. The molecule has 0 bridgehead atoms. The van der Waals surface area contributed by atoms with E-state index in [1.54, 1.807) is 7.05 Å². The Morgan fingerprint density at radius 1 is 1.37 bits per heavy atom. The molecule has 1 amide bonds. The van der Waals surface area contributed by atoms with E-state index in [2.05, 4.69) is 23.4 Å². The first-order valence-electron chi connectivity index (χ1n) is 8.71. The Bertz CT molecular complexity index is 1050. The Hall–Kier alpha value is -2.85. The SMILES string of the molecule is CCC(Sc1cc(C)c2cccc(C)c2n1)C(=O)Nc1c(C#N)cnn1C. The van der Waals surface area contributed by atoms with Crippen molar-refractivity contribution in [2.45, 2.75) is 37.5 Å². The van der Waals surface area contributed by atoms with E-state index in [1.807, 2.05) is 38.1 Å². The molecule has 0 saturated carbocycles. The van der Waals surface area contributed by atoms with E-state index in [4.69, 9.17) is 10.2 Å². The summed E-state index contributed by atoms with van der Waals surface area (Å²) >= 11 is 1.44. The smallest absolute Gasteiger partial charge is 0.239 e. The fourth-order valence-electron chi connectivity index (χ4n) is 2.92. The van der Waals surface area contributed by atoms with E-state index in [9.17, 15) is 4.79 Å². The fraction of sp³-hybridized carbons (Fsp3) is 0.300. The number of carbonyl (C=O) groups is 1. The maximum Gasteiger partial charge on any atom is 0.239 e. The molecule has 2 heterocycles. The van der Waals surface area contributed by atoms with E-state index in [0.717, 1.165) is 27.1 Å². The van der Waals surface area contributed by atoms with Crippen LogP contribution in [0.4, 0.5) is 5.82 Å². The maximum atomic E-state index is 12.8. The normalized spacial score (nSPS) is 12.0. The number of thioether (sulfide) groups is 1. The Labute approximate surface area is 162 Å². The Kier molecular flexibility index (Phi) is 5.47. The molecule has 138 valence electrons. The number of hydrogen-bond donors (Lipinski definition) is 1. The lowest BCUT2D eigenvalue weighted by Crippen LogP contribution is -2.26. The van der Waals surface area contributed by atoms with E-state index < -0.39 is 0 Å². The van der Waals surface area contributed by atoms with Crippen molar-refractivity contribution >= 4 is 34.4 Å². The summed E-state index contributed by atoms with van der Waals surface area (Å²) < 4.78 is 1.50. The molecule has 1 atom stereocenters. The van der Waals surface area contributed by atoms with E-state index in [0.29, 0.717) is 17.8 Å². The van der Waals surface area contributed by atoms with Crippen molar-refractivity contribution in [3.8, 4) is 6.07 Å². The number of aryl methyl sites for hydroxylation is 3. The lowest BCUT2D eigenvalue weighted by molar-refractivity contribution is -0.115. The summed E-state index contributed by atoms with van der Waals surface area (Å²) in [6.07, 6.45) is 2.09. The molecule has 0 aliphatic rings. The van der Waals surface area contributed by atoms with Crippen molar-refractivity contribution in [3.05, 3.63) is 47.2 Å². The first-order valence-corrected chi connectivity index (χ1v) is 9.59. The third-order valence-electron chi connectivity index (χ3n) is 4.45. The van der Waals surface area contributed by atoms with Crippen LogP contribution in [0.1, 0.15) is 30.0 Å². The van der Waals surface area contributed by atoms with Crippen LogP contribution in [0.2, 0.25) is 0 Å². The van der Waals surface area contributed by atoms with Gasteiger partial charge in [0.2, 0.25) is 5.91 Å². The number of fused-ring (bicyclic) bond motifs is 1. The number of amides is 1. The van der Waals surface area contributed by atoms with Gasteiger partial charge < -0.3 is 5.32 Å². The number of benzene rings is 1. The molecule has 0 saturated heterocycles. The highest BCUT2D eigenvalue weighted by molar-refractivity contribution is 8.00. The number of para-hydroxylation sites is 1. The molecule has 0 aliphatic heterocycles. The van der Waals surface area contributed by atoms with Crippen LogP contribution in [0.15, 0.2) is 35.5 Å². The zero-order chi connectivity index (χ0) is 19.6. The Morgan fingerprint density at radius 2 is 2.15 bits per heavy atom. The topological polar surface area (TPSA) is 83.6 Å². The number of rotatable bonds is 5. The van der Waals surface area contributed by atoms with Crippen LogP contribution in [0, 0.1) is 25.2 Å². The molecular weight excluding hydrogens is 358 g/mol. The summed E-state index contributed by atoms with van der Waals surface area (Å²) in [4.78, 5) is 17.5. The average Bonchev–Trinajstić information content (AvgIpc) is 3.00. The predicted molar refractivity (Wildman–Crippen MR) is 108 cm³/mol. The van der Waals surface area contributed by atoms with Gasteiger partial charge in [-0.1, -0.05) is 36.9 Å². The second-order valence-electron chi connectivity index (χ2n) is 6.39. The second-order valence-corrected chi connectivity index (χ2v) is 7.62. The molecule has 0 spiro atoms. The standard InChI is InChI=1S/C20H21N5OS/c1-5-16(20(26)24-19-14(10-21)11-22-25(19)4)27-17-9-13(3)15-8-6-7-12(2)18(15)23-17/h6-9,11,16H,5H2,1-4H3,(H,24,26). The number of nitrogens with one attached hydrogen (secondary N) is 1. The van der Waals surface area contributed by atoms with Crippen LogP contribution < -0.4 is 5.32 Å². The molecular formula is C20H21N5OS. The molecule has 3 rings (SSSR count). The zero-order valence-electron chi connectivity index (χ0n) is 15.8. The van der Waals surface area contributed by atoms with Crippen molar-refractivity contribution < 1.29 is 4.79 Å². The molecule has 1 aromatic carbocycles. The minimum Gasteiger partial charge on any atom is -0.309 e. The van der Waals surface area contributed by atoms with Crippen molar-refractivity contribution in [1.29, 1.82) is 5.26 Å². The van der Waals surface area contributed by atoms with E-state index >= 15 is 0 Å². The van der Waals surface area contributed by atoms with Crippen LogP contribution in [-0.2, 0) is 11.8 Å². The van der Waals surface area contributed by atoms with Gasteiger partial charge in [-0.05, 0) is 37.5 Å². The van der Waals surface area contributed by atoms with Crippen LogP contribution in [0.5, 0.6) is 0 Å². The number of anilines is 1. The van der Waals surface area contributed by atoms with Crippen molar-refractivity contribution in [3.63, 3.8) is 0 Å². The van der Waals surface area contributed by atoms with E-state index in [-0.39, 0.29) is 11.2 Å². The lowest BCUT2D eigenvalue weighted by atomic mass is 10.1. The molecule has 0 radical (unpaired) electrons. The molecule has 2 aromatic heterocycles. The zero-order valence-corrected chi connectivity index (χ0v) is 16.6. The van der Waals surface area contributed by atoms with Crippen LogP contribution in [-0.4, -0.2) is 25.9 Å². The average molecular weight is 379 g/mol. The molecule has 27 heavy (non-hydrogen) atoms. The van der Waals surface area contributed by atoms with Crippen molar-refractivity contribution in [2.24, 2.45) is 7.05 Å². The number of pyridine rings is 1. The monoisotopic (exact) mass is 379 g/mol. The number of hydrogen-bond acceptors (Lipinski definition) is 5. The molecule has 7 heteroatoms. The first-order chi connectivity index (χ1) is 12.9. The van der Waals surface area contributed by atoms with Crippen molar-refractivity contribution in [1.82, 2.24) is 14.8 Å². The van der Waals surface area contributed by atoms with Crippen LogP contribution in [0.3, 0.4) is 0 Å². The molecule has 6 nitrogen and oxygen atoms in total. The number of nitrogens with zero attached hydrogens (tertiary/aromatic N) is 4. The summed E-state index contributed by atoms with van der Waals surface area (Å²) in [5.41, 5.74) is 3.57. The molecule has 0 aliphatic carbocycles. The summed E-state index contributed by atoms with van der Waals surface area (Å²) in [5.74, 6) is 0.256. The van der Waals surface area contributed by atoms with Gasteiger partial charge in [0.1, 0.15) is 17.5 Å². The summed E-state index contributed by atoms with van der Waals surface area (Å²) in [6.45, 7) is 6.06. The summed E-state index contributed by atoms with van der Waals surface area (Å²) in [7, 11) is 1.70. The number of carbonyl (C=O) groups excluding carboxylic acids is 1.